The molecule has 1 aromatic rings. The average molecular weight is 306 g/mol. The predicted molar refractivity (Wildman–Crippen MR) is 85.6 cm³/mol. The highest BCUT2D eigenvalue weighted by Crippen LogP contribution is 2.11. The number of amides is 2. The Morgan fingerprint density at radius 1 is 1.41 bits per heavy atom. The molecule has 22 heavy (non-hydrogen) atoms. The highest BCUT2D eigenvalue weighted by molar-refractivity contribution is 5.74. The largest absolute Gasteiger partial charge is 0.394 e. The molecule has 1 saturated heterocycles. The van der Waals surface area contributed by atoms with Crippen molar-refractivity contribution in [3.05, 3.63) is 30.1 Å². The van der Waals surface area contributed by atoms with Gasteiger partial charge in [0, 0.05) is 38.1 Å². The van der Waals surface area contributed by atoms with Crippen LogP contribution in [0.4, 0.5) is 4.79 Å². The van der Waals surface area contributed by atoms with Crippen molar-refractivity contribution in [1.29, 1.82) is 0 Å². The second-order valence-electron chi connectivity index (χ2n) is 5.92. The number of rotatable bonds is 6. The number of carbonyl (C=O) groups excluding carboxylic acids is 1. The third-order valence-electron chi connectivity index (χ3n) is 4.04. The van der Waals surface area contributed by atoms with Gasteiger partial charge >= 0.3 is 6.03 Å². The molecule has 0 bridgehead atoms. The van der Waals surface area contributed by atoms with E-state index in [0.717, 1.165) is 38.9 Å². The maximum atomic E-state index is 11.7. The Morgan fingerprint density at radius 3 is 2.73 bits per heavy atom. The number of nitrogens with zero attached hydrogens (tertiary/aromatic N) is 2. The van der Waals surface area contributed by atoms with Crippen LogP contribution in [0.15, 0.2) is 24.5 Å². The van der Waals surface area contributed by atoms with Gasteiger partial charge in [0.1, 0.15) is 0 Å². The number of pyridine rings is 1. The number of likely N-dealkylation sites (tertiary alicyclic amines) is 1. The van der Waals surface area contributed by atoms with E-state index in [1.807, 2.05) is 12.4 Å². The summed E-state index contributed by atoms with van der Waals surface area (Å²) in [5.74, 6) is 0. The van der Waals surface area contributed by atoms with Gasteiger partial charge in [0.2, 0.25) is 0 Å². The second-order valence-corrected chi connectivity index (χ2v) is 5.92. The first-order valence-electron chi connectivity index (χ1n) is 7.96. The number of aromatic nitrogens is 1. The number of hydrogen-bond donors (Lipinski definition) is 3. The Hall–Kier alpha value is -1.66. The van der Waals surface area contributed by atoms with Gasteiger partial charge in [-0.15, -0.1) is 0 Å². The molecular weight excluding hydrogens is 280 g/mol. The van der Waals surface area contributed by atoms with Crippen LogP contribution in [0.2, 0.25) is 0 Å². The molecule has 6 nitrogen and oxygen atoms in total. The Kier molecular flexibility index (Phi) is 6.61. The molecule has 0 saturated carbocycles. The summed E-state index contributed by atoms with van der Waals surface area (Å²) in [6.45, 7) is 4.80. The van der Waals surface area contributed by atoms with Crippen molar-refractivity contribution < 1.29 is 9.90 Å². The summed E-state index contributed by atoms with van der Waals surface area (Å²) in [6, 6.07) is 3.95. The van der Waals surface area contributed by atoms with Gasteiger partial charge in [0.05, 0.1) is 12.6 Å². The van der Waals surface area contributed by atoms with Gasteiger partial charge in [-0.3, -0.25) is 4.98 Å². The minimum Gasteiger partial charge on any atom is -0.394 e. The quantitative estimate of drug-likeness (QED) is 0.725. The Bertz CT molecular complexity index is 447. The van der Waals surface area contributed by atoms with Gasteiger partial charge in [0.15, 0.2) is 0 Å². The van der Waals surface area contributed by atoms with Crippen LogP contribution in [-0.4, -0.2) is 59.3 Å². The first-order chi connectivity index (χ1) is 10.7. The van der Waals surface area contributed by atoms with Gasteiger partial charge in [-0.1, -0.05) is 0 Å². The fourth-order valence-corrected chi connectivity index (χ4v) is 2.63. The molecule has 0 spiro atoms. The summed E-state index contributed by atoms with van der Waals surface area (Å²) in [4.78, 5) is 18.2. The van der Waals surface area contributed by atoms with Gasteiger partial charge in [-0.25, -0.2) is 4.79 Å². The lowest BCUT2D eigenvalue weighted by Gasteiger charge is -2.32. The third-order valence-corrected chi connectivity index (χ3v) is 4.04. The second kappa shape index (κ2) is 8.70. The zero-order chi connectivity index (χ0) is 15.8. The van der Waals surface area contributed by atoms with Crippen LogP contribution in [-0.2, 0) is 6.42 Å². The number of nitrogens with one attached hydrogen (secondary N) is 2. The van der Waals surface area contributed by atoms with Crippen molar-refractivity contribution in [3.8, 4) is 0 Å². The van der Waals surface area contributed by atoms with Crippen LogP contribution in [0.5, 0.6) is 0 Å². The van der Waals surface area contributed by atoms with E-state index in [4.69, 9.17) is 5.11 Å². The van der Waals surface area contributed by atoms with Gasteiger partial charge < -0.3 is 20.6 Å². The van der Waals surface area contributed by atoms with E-state index in [2.05, 4.69) is 32.7 Å². The van der Waals surface area contributed by atoms with Crippen molar-refractivity contribution in [2.24, 2.45) is 0 Å². The van der Waals surface area contributed by atoms with Crippen LogP contribution >= 0.6 is 0 Å². The van der Waals surface area contributed by atoms with Crippen molar-refractivity contribution in [3.63, 3.8) is 0 Å². The fraction of sp³-hybridized carbons (Fsp3) is 0.625. The van der Waals surface area contributed by atoms with Crippen LogP contribution in [0.1, 0.15) is 25.3 Å². The smallest absolute Gasteiger partial charge is 0.315 e. The van der Waals surface area contributed by atoms with E-state index < -0.39 is 0 Å². The molecule has 2 rings (SSSR count). The molecule has 3 N–H and O–H groups in total. The van der Waals surface area contributed by atoms with Crippen LogP contribution in [0, 0.1) is 0 Å². The van der Waals surface area contributed by atoms with Crippen molar-refractivity contribution in [2.75, 3.05) is 26.2 Å². The lowest BCUT2D eigenvalue weighted by molar-refractivity contribution is 0.189. The molecule has 1 aliphatic heterocycles. The Morgan fingerprint density at radius 2 is 2.09 bits per heavy atom. The minimum atomic E-state index is -0.208. The number of aliphatic hydroxyl groups excluding tert-OH is 1. The molecule has 1 unspecified atom stereocenters. The average Bonchev–Trinajstić information content (AvgIpc) is 2.55. The number of urea groups is 1. The topological polar surface area (TPSA) is 77.5 Å². The van der Waals surface area contributed by atoms with Gasteiger partial charge in [-0.05, 0) is 43.9 Å². The molecule has 1 atom stereocenters. The van der Waals surface area contributed by atoms with Crippen molar-refractivity contribution >= 4 is 6.03 Å². The molecule has 1 fully saturated rings. The van der Waals surface area contributed by atoms with Crippen molar-refractivity contribution in [2.45, 2.75) is 38.3 Å². The van der Waals surface area contributed by atoms with Crippen molar-refractivity contribution in [1.82, 2.24) is 20.5 Å². The molecule has 0 aliphatic carbocycles. The van der Waals surface area contributed by atoms with E-state index in [0.29, 0.717) is 0 Å². The summed E-state index contributed by atoms with van der Waals surface area (Å²) in [5, 5.41) is 14.6. The highest BCUT2D eigenvalue weighted by Gasteiger charge is 2.20. The third kappa shape index (κ3) is 5.61. The number of piperidine rings is 1. The maximum absolute atomic E-state index is 11.7. The SMILES string of the molecule is CC(CO)NC(=O)NC1CCN(CCc2ccncc2)CC1. The predicted octanol–water partition coefficient (Wildman–Crippen LogP) is 0.769. The summed E-state index contributed by atoms with van der Waals surface area (Å²) in [6.07, 6.45) is 6.64. The number of hydrogen-bond acceptors (Lipinski definition) is 4. The van der Waals surface area contributed by atoms with E-state index in [1.165, 1.54) is 5.56 Å². The molecule has 0 radical (unpaired) electrons. The van der Waals surface area contributed by atoms with Crippen LogP contribution < -0.4 is 10.6 Å². The standard InChI is InChI=1S/C16H26N4O2/c1-13(12-21)18-16(22)19-15-5-10-20(11-6-15)9-4-14-2-7-17-8-3-14/h2-3,7-8,13,15,21H,4-6,9-12H2,1H3,(H2,18,19,22). The minimum absolute atomic E-state index is 0.0408. The zero-order valence-electron chi connectivity index (χ0n) is 13.2. The zero-order valence-corrected chi connectivity index (χ0v) is 13.2. The summed E-state index contributed by atoms with van der Waals surface area (Å²) in [5.41, 5.74) is 1.31. The van der Waals surface area contributed by atoms with E-state index >= 15 is 0 Å². The first-order valence-corrected chi connectivity index (χ1v) is 7.96. The Balaban J connectivity index is 1.64. The molecule has 2 heterocycles. The number of carbonyl (C=O) groups is 1. The Labute approximate surface area is 131 Å². The van der Waals surface area contributed by atoms with E-state index in [9.17, 15) is 4.79 Å². The molecule has 122 valence electrons. The summed E-state index contributed by atoms with van der Waals surface area (Å²) < 4.78 is 0. The lowest BCUT2D eigenvalue weighted by atomic mass is 10.0. The first kappa shape index (κ1) is 16.7. The van der Waals surface area contributed by atoms with Gasteiger partial charge in [-0.2, -0.15) is 0 Å². The van der Waals surface area contributed by atoms with E-state index in [1.54, 1.807) is 6.92 Å². The molecule has 6 heteroatoms. The maximum Gasteiger partial charge on any atom is 0.315 e. The van der Waals surface area contributed by atoms with E-state index in [-0.39, 0.29) is 24.7 Å². The highest BCUT2D eigenvalue weighted by atomic mass is 16.3. The molecule has 0 aromatic carbocycles. The molecule has 2 amide bonds. The van der Waals surface area contributed by atoms with Crippen LogP contribution in [0.25, 0.3) is 0 Å². The monoisotopic (exact) mass is 306 g/mol. The van der Waals surface area contributed by atoms with Gasteiger partial charge in [0.25, 0.3) is 0 Å². The lowest BCUT2D eigenvalue weighted by Crippen LogP contribution is -2.50. The number of aliphatic hydroxyl groups is 1. The molecule has 1 aromatic heterocycles. The molecule has 1 aliphatic rings. The van der Waals surface area contributed by atoms with Crippen LogP contribution in [0.3, 0.4) is 0 Å². The summed E-state index contributed by atoms with van der Waals surface area (Å²) in [7, 11) is 0. The normalized spacial score (nSPS) is 17.9. The summed E-state index contributed by atoms with van der Waals surface area (Å²) >= 11 is 0. The molecular formula is C16H26N4O2. The fourth-order valence-electron chi connectivity index (χ4n) is 2.63.